The van der Waals surface area contributed by atoms with E-state index in [9.17, 15) is 23.3 Å². The molecule has 0 N–H and O–H groups in total. The molecule has 1 fully saturated rings. The third kappa shape index (κ3) is 4.97. The standard InChI is InChI=1S/C18H21N3O5S3/c1-13-3-8-17(27-13)29(25,26)20-11-9-19(10-12-20)18(22)14(2)28-16-6-4-15(5-7-16)21(23)24/h3-8,14H,9-12H2,1-2H3. The summed E-state index contributed by atoms with van der Waals surface area (Å²) in [6, 6.07) is 9.48. The summed E-state index contributed by atoms with van der Waals surface area (Å²) in [7, 11) is -3.52. The molecule has 1 amide bonds. The van der Waals surface area contributed by atoms with Crippen LogP contribution in [0.1, 0.15) is 11.8 Å². The number of nitro groups is 1. The third-order valence-electron chi connectivity index (χ3n) is 4.57. The number of thiophene rings is 1. The van der Waals surface area contributed by atoms with Crippen molar-refractivity contribution >= 4 is 44.7 Å². The largest absolute Gasteiger partial charge is 0.339 e. The van der Waals surface area contributed by atoms with E-state index in [-0.39, 0.29) is 29.9 Å². The summed E-state index contributed by atoms with van der Waals surface area (Å²) in [5.41, 5.74) is 0.00611. The second kappa shape index (κ2) is 8.82. The van der Waals surface area contributed by atoms with Gasteiger partial charge >= 0.3 is 0 Å². The first-order valence-corrected chi connectivity index (χ1v) is 12.1. The van der Waals surface area contributed by atoms with E-state index >= 15 is 0 Å². The van der Waals surface area contributed by atoms with Gasteiger partial charge in [0.2, 0.25) is 5.91 Å². The van der Waals surface area contributed by atoms with Gasteiger partial charge in [0.1, 0.15) is 4.21 Å². The van der Waals surface area contributed by atoms with Crippen LogP contribution in [0.4, 0.5) is 5.69 Å². The molecule has 156 valence electrons. The van der Waals surface area contributed by atoms with E-state index in [0.29, 0.717) is 17.3 Å². The van der Waals surface area contributed by atoms with Crippen LogP contribution >= 0.6 is 23.1 Å². The smallest absolute Gasteiger partial charge is 0.269 e. The maximum absolute atomic E-state index is 12.7. The van der Waals surface area contributed by atoms with E-state index in [1.54, 1.807) is 36.1 Å². The Bertz CT molecular complexity index is 996. The first kappa shape index (κ1) is 21.8. The van der Waals surface area contributed by atoms with Gasteiger partial charge in [-0.05, 0) is 38.1 Å². The molecule has 29 heavy (non-hydrogen) atoms. The summed E-state index contributed by atoms with van der Waals surface area (Å²) in [6.45, 7) is 4.86. The van der Waals surface area contributed by atoms with Gasteiger partial charge in [-0.2, -0.15) is 4.31 Å². The van der Waals surface area contributed by atoms with E-state index in [4.69, 9.17) is 0 Å². The van der Waals surface area contributed by atoms with Crippen LogP contribution < -0.4 is 0 Å². The van der Waals surface area contributed by atoms with Gasteiger partial charge in [0.15, 0.2) is 0 Å². The maximum Gasteiger partial charge on any atom is 0.269 e. The Kier molecular flexibility index (Phi) is 6.62. The Morgan fingerprint density at radius 1 is 1.14 bits per heavy atom. The van der Waals surface area contributed by atoms with Gasteiger partial charge < -0.3 is 4.90 Å². The van der Waals surface area contributed by atoms with Crippen LogP contribution in [-0.4, -0.2) is 59.9 Å². The van der Waals surface area contributed by atoms with Crippen molar-refractivity contribution in [2.75, 3.05) is 26.2 Å². The summed E-state index contributed by atoms with van der Waals surface area (Å²) in [4.78, 5) is 26.4. The number of carbonyl (C=O) groups is 1. The fourth-order valence-corrected chi connectivity index (χ4v) is 6.80. The van der Waals surface area contributed by atoms with Crippen molar-refractivity contribution in [3.8, 4) is 0 Å². The molecule has 1 saturated heterocycles. The molecular weight excluding hydrogens is 434 g/mol. The molecule has 0 radical (unpaired) electrons. The molecule has 11 heteroatoms. The minimum atomic E-state index is -3.52. The van der Waals surface area contributed by atoms with E-state index in [1.165, 1.54) is 39.5 Å². The molecule has 1 aromatic heterocycles. The van der Waals surface area contributed by atoms with Gasteiger partial charge in [0.05, 0.1) is 10.2 Å². The highest BCUT2D eigenvalue weighted by Crippen LogP contribution is 2.28. The zero-order valence-corrected chi connectivity index (χ0v) is 18.4. The molecule has 0 bridgehead atoms. The van der Waals surface area contributed by atoms with Crippen molar-refractivity contribution in [1.29, 1.82) is 0 Å². The van der Waals surface area contributed by atoms with Crippen molar-refractivity contribution in [3.63, 3.8) is 0 Å². The van der Waals surface area contributed by atoms with E-state index in [1.807, 2.05) is 6.92 Å². The number of aryl methyl sites for hydroxylation is 1. The molecular formula is C18H21N3O5S3. The normalized spacial score (nSPS) is 16.6. The van der Waals surface area contributed by atoms with Gasteiger partial charge in [0, 0.05) is 48.1 Å². The molecule has 0 spiro atoms. The minimum Gasteiger partial charge on any atom is -0.339 e. The Labute approximate surface area is 177 Å². The molecule has 1 aromatic carbocycles. The third-order valence-corrected chi connectivity index (χ3v) is 9.03. The molecule has 0 aliphatic carbocycles. The van der Waals surface area contributed by atoms with Crippen molar-refractivity contribution in [2.45, 2.75) is 28.2 Å². The maximum atomic E-state index is 12.7. The lowest BCUT2D eigenvalue weighted by atomic mass is 10.3. The Hall–Kier alpha value is -1.95. The first-order chi connectivity index (χ1) is 13.7. The highest BCUT2D eigenvalue weighted by atomic mass is 32.2. The number of benzene rings is 1. The van der Waals surface area contributed by atoms with E-state index in [0.717, 1.165) is 9.77 Å². The highest BCUT2D eigenvalue weighted by Gasteiger charge is 2.32. The number of sulfonamides is 1. The van der Waals surface area contributed by atoms with Gasteiger partial charge in [-0.15, -0.1) is 23.1 Å². The number of nitro benzene ring substituents is 1. The first-order valence-electron chi connectivity index (χ1n) is 8.95. The van der Waals surface area contributed by atoms with Crippen LogP contribution in [0.25, 0.3) is 0 Å². The van der Waals surface area contributed by atoms with Crippen molar-refractivity contribution < 1.29 is 18.1 Å². The minimum absolute atomic E-state index is 0.00611. The van der Waals surface area contributed by atoms with Crippen molar-refractivity contribution in [1.82, 2.24) is 9.21 Å². The predicted molar refractivity (Wildman–Crippen MR) is 113 cm³/mol. The number of nitrogens with zero attached hydrogens (tertiary/aromatic N) is 3. The number of amides is 1. The molecule has 1 atom stereocenters. The Morgan fingerprint density at radius 3 is 2.28 bits per heavy atom. The summed E-state index contributed by atoms with van der Waals surface area (Å²) in [5, 5.41) is 10.4. The van der Waals surface area contributed by atoms with Crippen LogP contribution in [0.2, 0.25) is 0 Å². The number of thioether (sulfide) groups is 1. The fraction of sp³-hybridized carbons (Fsp3) is 0.389. The van der Waals surface area contributed by atoms with Crippen LogP contribution in [-0.2, 0) is 14.8 Å². The van der Waals surface area contributed by atoms with E-state index in [2.05, 4.69) is 0 Å². The summed E-state index contributed by atoms with van der Waals surface area (Å²) in [5.74, 6) is -0.0719. The quantitative estimate of drug-likeness (QED) is 0.377. The van der Waals surface area contributed by atoms with E-state index < -0.39 is 14.9 Å². The number of hydrogen-bond donors (Lipinski definition) is 0. The average molecular weight is 456 g/mol. The van der Waals surface area contributed by atoms with Gasteiger partial charge in [-0.3, -0.25) is 14.9 Å². The number of carbonyl (C=O) groups excluding carboxylic acids is 1. The lowest BCUT2D eigenvalue weighted by Crippen LogP contribution is -2.52. The van der Waals surface area contributed by atoms with Crippen LogP contribution in [0.15, 0.2) is 45.5 Å². The summed E-state index contributed by atoms with van der Waals surface area (Å²) < 4.78 is 27.2. The highest BCUT2D eigenvalue weighted by molar-refractivity contribution is 8.00. The molecule has 2 aromatic rings. The number of rotatable bonds is 6. The Morgan fingerprint density at radius 2 is 1.76 bits per heavy atom. The van der Waals surface area contributed by atoms with Crippen molar-refractivity contribution in [3.05, 3.63) is 51.4 Å². The van der Waals surface area contributed by atoms with Crippen LogP contribution in [0.5, 0.6) is 0 Å². The lowest BCUT2D eigenvalue weighted by molar-refractivity contribution is -0.384. The molecule has 1 aliphatic rings. The van der Waals surface area contributed by atoms with Gasteiger partial charge in [0.25, 0.3) is 15.7 Å². The monoisotopic (exact) mass is 455 g/mol. The lowest BCUT2D eigenvalue weighted by Gasteiger charge is -2.34. The van der Waals surface area contributed by atoms with Crippen LogP contribution in [0, 0.1) is 17.0 Å². The number of hydrogen-bond acceptors (Lipinski definition) is 7. The second-order valence-electron chi connectivity index (χ2n) is 6.61. The SMILES string of the molecule is Cc1ccc(S(=O)(=O)N2CCN(C(=O)C(C)Sc3ccc([N+](=O)[O-])cc3)CC2)s1. The molecule has 0 saturated carbocycles. The van der Waals surface area contributed by atoms with Gasteiger partial charge in [-0.25, -0.2) is 8.42 Å². The number of piperazine rings is 1. The number of non-ortho nitro benzene ring substituents is 1. The summed E-state index contributed by atoms with van der Waals surface area (Å²) in [6.07, 6.45) is 0. The molecule has 2 heterocycles. The van der Waals surface area contributed by atoms with Gasteiger partial charge in [-0.1, -0.05) is 0 Å². The topological polar surface area (TPSA) is 101 Å². The zero-order valence-electron chi connectivity index (χ0n) is 16.0. The second-order valence-corrected chi connectivity index (χ2v) is 11.5. The van der Waals surface area contributed by atoms with Crippen LogP contribution in [0.3, 0.4) is 0 Å². The molecule has 1 aliphatic heterocycles. The molecule has 1 unspecified atom stereocenters. The Balaban J connectivity index is 1.57. The molecule has 3 rings (SSSR count). The predicted octanol–water partition coefficient (Wildman–Crippen LogP) is 2.98. The summed E-state index contributed by atoms with van der Waals surface area (Å²) >= 11 is 2.58. The molecule has 8 nitrogen and oxygen atoms in total. The fourth-order valence-electron chi connectivity index (χ4n) is 2.98. The van der Waals surface area contributed by atoms with Crippen molar-refractivity contribution in [2.24, 2.45) is 0 Å². The average Bonchev–Trinajstić information content (AvgIpc) is 3.15. The zero-order chi connectivity index (χ0) is 21.2.